The molecule has 7 nitrogen and oxygen atoms in total. The number of fused-ring (bicyclic) bond motifs is 1. The number of nitro benzene ring substituents is 1. The van der Waals surface area contributed by atoms with E-state index < -0.39 is 16.9 Å². The van der Waals surface area contributed by atoms with Crippen LogP contribution in [0, 0.1) is 10.1 Å². The first kappa shape index (κ1) is 18.1. The molecule has 0 saturated carbocycles. The molecule has 3 aromatic rings. The Morgan fingerprint density at radius 1 is 1.11 bits per heavy atom. The maximum Gasteiger partial charge on any atom is 0.280 e. The second-order valence-corrected chi connectivity index (χ2v) is 5.82. The fourth-order valence-electron chi connectivity index (χ4n) is 2.52. The first-order chi connectivity index (χ1) is 13.0. The Bertz CT molecular complexity index is 1020. The molecule has 0 fully saturated rings. The highest BCUT2D eigenvalue weighted by atomic mass is 16.6. The lowest BCUT2D eigenvalue weighted by atomic mass is 10.1. The van der Waals surface area contributed by atoms with Crippen LogP contribution in [0.3, 0.4) is 0 Å². The van der Waals surface area contributed by atoms with Crippen molar-refractivity contribution in [3.8, 4) is 5.75 Å². The SMILES string of the molecule is CC(Oc1ccc2ccccc2c1)C(=O)NN=Cc1ccccc1[N+](=O)[O-]. The zero-order valence-corrected chi connectivity index (χ0v) is 14.5. The number of carbonyl (C=O) groups is 1. The quantitative estimate of drug-likeness (QED) is 0.411. The molecule has 0 radical (unpaired) electrons. The molecule has 1 atom stereocenters. The molecule has 1 unspecified atom stereocenters. The minimum atomic E-state index is -0.783. The average molecular weight is 363 g/mol. The topological polar surface area (TPSA) is 93.8 Å². The van der Waals surface area contributed by atoms with Crippen molar-refractivity contribution in [3.05, 3.63) is 82.4 Å². The van der Waals surface area contributed by atoms with Crippen LogP contribution < -0.4 is 10.2 Å². The van der Waals surface area contributed by atoms with Gasteiger partial charge in [0.2, 0.25) is 0 Å². The largest absolute Gasteiger partial charge is 0.481 e. The maximum absolute atomic E-state index is 12.1. The van der Waals surface area contributed by atoms with Crippen LogP contribution in [0.4, 0.5) is 5.69 Å². The number of nitrogens with zero attached hydrogens (tertiary/aromatic N) is 2. The van der Waals surface area contributed by atoms with Gasteiger partial charge in [0.15, 0.2) is 6.10 Å². The Labute approximate surface area is 155 Å². The van der Waals surface area contributed by atoms with Gasteiger partial charge in [-0.15, -0.1) is 0 Å². The molecule has 0 aliphatic heterocycles. The summed E-state index contributed by atoms with van der Waals surface area (Å²) in [6.45, 7) is 1.60. The highest BCUT2D eigenvalue weighted by molar-refractivity contribution is 5.87. The maximum atomic E-state index is 12.1. The van der Waals surface area contributed by atoms with E-state index in [2.05, 4.69) is 10.5 Å². The molecule has 1 amide bonds. The fraction of sp³-hybridized carbons (Fsp3) is 0.100. The van der Waals surface area contributed by atoms with Gasteiger partial charge in [-0.05, 0) is 35.9 Å². The van der Waals surface area contributed by atoms with E-state index >= 15 is 0 Å². The lowest BCUT2D eigenvalue weighted by molar-refractivity contribution is -0.385. The summed E-state index contributed by atoms with van der Waals surface area (Å²) >= 11 is 0. The van der Waals surface area contributed by atoms with Crippen LogP contribution in [0.5, 0.6) is 5.75 Å². The van der Waals surface area contributed by atoms with Crippen molar-refractivity contribution in [3.63, 3.8) is 0 Å². The molecule has 3 rings (SSSR count). The molecule has 7 heteroatoms. The van der Waals surface area contributed by atoms with Crippen molar-refractivity contribution in [1.82, 2.24) is 5.43 Å². The highest BCUT2D eigenvalue weighted by Crippen LogP contribution is 2.21. The molecule has 0 aromatic heterocycles. The third-order valence-corrected chi connectivity index (χ3v) is 3.91. The standard InChI is InChI=1S/C20H17N3O4/c1-14(27-18-11-10-15-6-2-3-7-16(15)12-18)20(24)22-21-13-17-8-4-5-9-19(17)23(25)26/h2-14H,1H3,(H,22,24). The summed E-state index contributed by atoms with van der Waals surface area (Å²) in [5.41, 5.74) is 2.55. The molecule has 27 heavy (non-hydrogen) atoms. The number of nitrogens with one attached hydrogen (secondary N) is 1. The van der Waals surface area contributed by atoms with E-state index in [0.717, 1.165) is 10.8 Å². The van der Waals surface area contributed by atoms with E-state index in [1.807, 2.05) is 36.4 Å². The van der Waals surface area contributed by atoms with Gasteiger partial charge >= 0.3 is 0 Å². The first-order valence-electron chi connectivity index (χ1n) is 8.26. The Hall–Kier alpha value is -3.74. The van der Waals surface area contributed by atoms with Gasteiger partial charge in [0.1, 0.15) is 5.75 Å². The average Bonchev–Trinajstić information content (AvgIpc) is 2.68. The molecule has 0 aliphatic carbocycles. The zero-order valence-electron chi connectivity index (χ0n) is 14.5. The minimum absolute atomic E-state index is 0.0871. The van der Waals surface area contributed by atoms with Gasteiger partial charge < -0.3 is 4.74 Å². The van der Waals surface area contributed by atoms with Gasteiger partial charge in [0.05, 0.1) is 16.7 Å². The Morgan fingerprint density at radius 3 is 2.59 bits per heavy atom. The number of para-hydroxylation sites is 1. The van der Waals surface area contributed by atoms with Crippen LogP contribution in [0.25, 0.3) is 10.8 Å². The number of carbonyl (C=O) groups excluding carboxylic acids is 1. The summed E-state index contributed by atoms with van der Waals surface area (Å²) in [7, 11) is 0. The van der Waals surface area contributed by atoms with Gasteiger partial charge in [-0.2, -0.15) is 5.10 Å². The summed E-state index contributed by atoms with van der Waals surface area (Å²) in [6.07, 6.45) is 0.452. The Balaban J connectivity index is 1.63. The second kappa shape index (κ2) is 8.09. The number of ether oxygens (including phenoxy) is 1. The fourth-order valence-corrected chi connectivity index (χ4v) is 2.52. The molecule has 0 saturated heterocycles. The first-order valence-corrected chi connectivity index (χ1v) is 8.26. The molecule has 136 valence electrons. The number of rotatable bonds is 6. The molecular formula is C20H17N3O4. The Morgan fingerprint density at radius 2 is 1.81 bits per heavy atom. The van der Waals surface area contributed by atoms with Crippen molar-refractivity contribution in [2.24, 2.45) is 5.10 Å². The summed E-state index contributed by atoms with van der Waals surface area (Å²) < 4.78 is 5.65. The van der Waals surface area contributed by atoms with Crippen LogP contribution in [0.1, 0.15) is 12.5 Å². The van der Waals surface area contributed by atoms with E-state index in [0.29, 0.717) is 11.3 Å². The molecule has 3 aromatic carbocycles. The third kappa shape index (κ3) is 4.46. The van der Waals surface area contributed by atoms with Gasteiger partial charge in [-0.1, -0.05) is 42.5 Å². The number of hydrazone groups is 1. The van der Waals surface area contributed by atoms with Crippen molar-refractivity contribution >= 4 is 28.6 Å². The number of amides is 1. The van der Waals surface area contributed by atoms with E-state index in [1.54, 1.807) is 31.2 Å². The highest BCUT2D eigenvalue weighted by Gasteiger charge is 2.15. The van der Waals surface area contributed by atoms with Crippen LogP contribution in [0.2, 0.25) is 0 Å². The smallest absolute Gasteiger partial charge is 0.280 e. The molecular weight excluding hydrogens is 346 g/mol. The van der Waals surface area contributed by atoms with Gasteiger partial charge in [-0.25, -0.2) is 5.43 Å². The van der Waals surface area contributed by atoms with Crippen LogP contribution >= 0.6 is 0 Å². The summed E-state index contributed by atoms with van der Waals surface area (Å²) in [5, 5.41) is 16.8. The third-order valence-electron chi connectivity index (χ3n) is 3.91. The molecule has 0 aliphatic rings. The number of hydrogen-bond donors (Lipinski definition) is 1. The number of hydrogen-bond acceptors (Lipinski definition) is 5. The van der Waals surface area contributed by atoms with Crippen molar-refractivity contribution < 1.29 is 14.5 Å². The summed E-state index contributed by atoms with van der Waals surface area (Å²) in [5.74, 6) is 0.108. The van der Waals surface area contributed by atoms with E-state index in [4.69, 9.17) is 4.74 Å². The molecule has 0 spiro atoms. The van der Waals surface area contributed by atoms with Crippen LogP contribution in [-0.4, -0.2) is 23.1 Å². The van der Waals surface area contributed by atoms with Crippen molar-refractivity contribution in [2.75, 3.05) is 0 Å². The van der Waals surface area contributed by atoms with Crippen molar-refractivity contribution in [2.45, 2.75) is 13.0 Å². The molecule has 1 N–H and O–H groups in total. The number of nitro groups is 1. The Kier molecular flexibility index (Phi) is 5.41. The summed E-state index contributed by atoms with van der Waals surface area (Å²) in [4.78, 5) is 22.6. The monoisotopic (exact) mass is 363 g/mol. The second-order valence-electron chi connectivity index (χ2n) is 5.82. The number of benzene rings is 3. The van der Waals surface area contributed by atoms with Gasteiger partial charge in [-0.3, -0.25) is 14.9 Å². The normalized spacial score (nSPS) is 12.0. The molecule has 0 bridgehead atoms. The zero-order chi connectivity index (χ0) is 19.2. The van der Waals surface area contributed by atoms with Gasteiger partial charge in [0.25, 0.3) is 11.6 Å². The summed E-state index contributed by atoms with van der Waals surface area (Å²) in [6, 6.07) is 19.5. The lowest BCUT2D eigenvalue weighted by Crippen LogP contribution is -2.33. The molecule has 0 heterocycles. The predicted octanol–water partition coefficient (Wildman–Crippen LogP) is 3.67. The predicted molar refractivity (Wildman–Crippen MR) is 103 cm³/mol. The van der Waals surface area contributed by atoms with Gasteiger partial charge in [0, 0.05) is 6.07 Å². The van der Waals surface area contributed by atoms with E-state index in [9.17, 15) is 14.9 Å². The van der Waals surface area contributed by atoms with Crippen LogP contribution in [0.15, 0.2) is 71.8 Å². The minimum Gasteiger partial charge on any atom is -0.481 e. The van der Waals surface area contributed by atoms with Crippen molar-refractivity contribution in [1.29, 1.82) is 0 Å². The lowest BCUT2D eigenvalue weighted by Gasteiger charge is -2.13. The van der Waals surface area contributed by atoms with Crippen LogP contribution in [-0.2, 0) is 4.79 Å². The van der Waals surface area contributed by atoms with E-state index in [1.165, 1.54) is 12.3 Å². The van der Waals surface area contributed by atoms with E-state index in [-0.39, 0.29) is 5.69 Å².